The third kappa shape index (κ3) is 8.50. The summed E-state index contributed by atoms with van der Waals surface area (Å²) in [6.07, 6.45) is -1.04. The standard InChI is InChI=1S/C33H40N2O5/c1-23(2)27-15-9-14-26(17-27)20-35-21-30(39-32(35)37)29(34-31(36)40-33(3,4)5)19-25-13-10-16-28(18-25)38-22-24-11-7-6-8-12-24/h6-18,23,29-30H,19-22H2,1-5H3,(H,34,36)/t29-,30+/m0/s1. The molecule has 3 aromatic rings. The summed E-state index contributed by atoms with van der Waals surface area (Å²) in [4.78, 5) is 27.4. The lowest BCUT2D eigenvalue weighted by Crippen LogP contribution is -2.48. The van der Waals surface area contributed by atoms with E-state index in [4.69, 9.17) is 14.2 Å². The third-order valence-corrected chi connectivity index (χ3v) is 6.66. The molecular weight excluding hydrogens is 504 g/mol. The van der Waals surface area contributed by atoms with E-state index in [0.29, 0.717) is 32.0 Å². The number of benzene rings is 3. The van der Waals surface area contributed by atoms with Crippen LogP contribution in [0.1, 0.15) is 62.8 Å². The Balaban J connectivity index is 1.47. The second-order valence-corrected chi connectivity index (χ2v) is 11.6. The van der Waals surface area contributed by atoms with E-state index < -0.39 is 29.9 Å². The van der Waals surface area contributed by atoms with E-state index in [1.54, 1.807) is 4.90 Å². The molecule has 1 heterocycles. The second-order valence-electron chi connectivity index (χ2n) is 11.6. The number of cyclic esters (lactones) is 1. The van der Waals surface area contributed by atoms with Crippen molar-refractivity contribution in [2.45, 2.75) is 77.9 Å². The maximum atomic E-state index is 12.9. The predicted molar refractivity (Wildman–Crippen MR) is 155 cm³/mol. The van der Waals surface area contributed by atoms with Gasteiger partial charge in [-0.1, -0.05) is 80.6 Å². The molecule has 0 radical (unpaired) electrons. The summed E-state index contributed by atoms with van der Waals surface area (Å²) in [5.74, 6) is 1.13. The highest BCUT2D eigenvalue weighted by Crippen LogP contribution is 2.24. The van der Waals surface area contributed by atoms with Crippen molar-refractivity contribution in [1.82, 2.24) is 10.2 Å². The number of alkyl carbamates (subject to hydrolysis) is 1. The maximum absolute atomic E-state index is 12.9. The highest BCUT2D eigenvalue weighted by molar-refractivity contribution is 5.71. The molecule has 0 saturated carbocycles. The monoisotopic (exact) mass is 544 g/mol. The van der Waals surface area contributed by atoms with E-state index in [9.17, 15) is 9.59 Å². The van der Waals surface area contributed by atoms with Gasteiger partial charge in [-0.3, -0.25) is 0 Å². The molecule has 7 nitrogen and oxygen atoms in total. The summed E-state index contributed by atoms with van der Waals surface area (Å²) in [6.45, 7) is 11.0. The molecule has 0 aliphatic carbocycles. The molecule has 0 bridgehead atoms. The van der Waals surface area contributed by atoms with Crippen LogP contribution in [0.4, 0.5) is 9.59 Å². The van der Waals surface area contributed by atoms with Gasteiger partial charge in [0.15, 0.2) is 0 Å². The highest BCUT2D eigenvalue weighted by Gasteiger charge is 2.38. The van der Waals surface area contributed by atoms with Gasteiger partial charge in [0.1, 0.15) is 24.1 Å². The number of carbonyl (C=O) groups is 2. The molecule has 7 heteroatoms. The molecule has 0 spiro atoms. The zero-order chi connectivity index (χ0) is 28.7. The van der Waals surface area contributed by atoms with Crippen molar-refractivity contribution >= 4 is 12.2 Å². The van der Waals surface area contributed by atoms with Gasteiger partial charge in [0.05, 0.1) is 12.6 Å². The first-order valence-electron chi connectivity index (χ1n) is 13.9. The number of hydrogen-bond donors (Lipinski definition) is 1. The molecule has 1 N–H and O–H groups in total. The van der Waals surface area contributed by atoms with Gasteiger partial charge < -0.3 is 24.4 Å². The first-order chi connectivity index (χ1) is 19.1. The summed E-state index contributed by atoms with van der Waals surface area (Å²) >= 11 is 0. The van der Waals surface area contributed by atoms with Crippen LogP contribution < -0.4 is 10.1 Å². The average molecular weight is 545 g/mol. The van der Waals surface area contributed by atoms with Crippen LogP contribution in [0.15, 0.2) is 78.9 Å². The van der Waals surface area contributed by atoms with Crippen molar-refractivity contribution in [1.29, 1.82) is 0 Å². The van der Waals surface area contributed by atoms with Gasteiger partial charge >= 0.3 is 12.2 Å². The predicted octanol–water partition coefficient (Wildman–Crippen LogP) is 6.85. The molecule has 3 aromatic carbocycles. The number of nitrogens with zero attached hydrogens (tertiary/aromatic N) is 1. The molecule has 1 saturated heterocycles. The molecule has 0 unspecified atom stereocenters. The molecule has 0 aromatic heterocycles. The lowest BCUT2D eigenvalue weighted by atomic mass is 10.00. The molecule has 1 aliphatic rings. The van der Waals surface area contributed by atoms with E-state index in [1.807, 2.05) is 87.5 Å². The zero-order valence-corrected chi connectivity index (χ0v) is 24.1. The SMILES string of the molecule is CC(C)c1cccc(CN2C[C@H]([C@H](Cc3cccc(OCc4ccccc4)c3)NC(=O)OC(C)(C)C)OC2=O)c1. The molecule has 40 heavy (non-hydrogen) atoms. The van der Waals surface area contributed by atoms with E-state index in [-0.39, 0.29) is 0 Å². The fourth-order valence-corrected chi connectivity index (χ4v) is 4.63. The Bertz CT molecular complexity index is 1290. The van der Waals surface area contributed by atoms with Gasteiger partial charge in [-0.15, -0.1) is 0 Å². The molecule has 1 fully saturated rings. The van der Waals surface area contributed by atoms with Crippen LogP contribution in [0.2, 0.25) is 0 Å². The van der Waals surface area contributed by atoms with E-state index in [1.165, 1.54) is 5.56 Å². The quantitative estimate of drug-likeness (QED) is 0.302. The van der Waals surface area contributed by atoms with Gasteiger partial charge in [0, 0.05) is 6.54 Å². The fraction of sp³-hybridized carbons (Fsp3) is 0.394. The van der Waals surface area contributed by atoms with E-state index in [0.717, 1.165) is 22.4 Å². The maximum Gasteiger partial charge on any atom is 0.410 e. The number of rotatable bonds is 10. The minimum atomic E-state index is -0.653. The Hall–Kier alpha value is -4.00. The van der Waals surface area contributed by atoms with Crippen molar-refractivity contribution in [3.63, 3.8) is 0 Å². The molecule has 1 aliphatic heterocycles. The molecule has 212 valence electrons. The number of hydrogen-bond acceptors (Lipinski definition) is 5. The fourth-order valence-electron chi connectivity index (χ4n) is 4.63. The van der Waals surface area contributed by atoms with Crippen molar-refractivity contribution in [2.75, 3.05) is 6.54 Å². The van der Waals surface area contributed by atoms with Gasteiger partial charge in [-0.25, -0.2) is 9.59 Å². The lowest BCUT2D eigenvalue weighted by molar-refractivity contribution is 0.0436. The highest BCUT2D eigenvalue weighted by atomic mass is 16.6. The van der Waals surface area contributed by atoms with Crippen molar-refractivity contribution in [2.24, 2.45) is 0 Å². The number of ether oxygens (including phenoxy) is 3. The Labute approximate surface area is 237 Å². The normalized spacial score (nSPS) is 16.0. The van der Waals surface area contributed by atoms with Crippen molar-refractivity contribution in [3.05, 3.63) is 101 Å². The van der Waals surface area contributed by atoms with E-state index in [2.05, 4.69) is 31.3 Å². The Morgan fingerprint density at radius 3 is 2.40 bits per heavy atom. The van der Waals surface area contributed by atoms with Crippen molar-refractivity contribution < 1.29 is 23.8 Å². The van der Waals surface area contributed by atoms with Crippen LogP contribution in [0.25, 0.3) is 0 Å². The average Bonchev–Trinajstić information content (AvgIpc) is 3.27. The van der Waals surface area contributed by atoms with Crippen LogP contribution in [0, 0.1) is 0 Å². The van der Waals surface area contributed by atoms with Crippen LogP contribution >= 0.6 is 0 Å². The largest absolute Gasteiger partial charge is 0.489 e. The van der Waals surface area contributed by atoms with E-state index >= 15 is 0 Å². The number of nitrogens with one attached hydrogen (secondary N) is 1. The topological polar surface area (TPSA) is 77.1 Å². The first kappa shape index (κ1) is 29.0. The summed E-state index contributed by atoms with van der Waals surface area (Å²) in [5.41, 5.74) is 3.64. The first-order valence-corrected chi connectivity index (χ1v) is 13.9. The molecule has 2 amide bonds. The smallest absolute Gasteiger partial charge is 0.410 e. The van der Waals surface area contributed by atoms with Crippen LogP contribution in [0.3, 0.4) is 0 Å². The third-order valence-electron chi connectivity index (χ3n) is 6.66. The second kappa shape index (κ2) is 12.9. The molecular formula is C33H40N2O5. The summed E-state index contributed by atoms with van der Waals surface area (Å²) in [7, 11) is 0. The van der Waals surface area contributed by atoms with Gasteiger partial charge in [0.2, 0.25) is 0 Å². The Morgan fingerprint density at radius 1 is 0.975 bits per heavy atom. The van der Waals surface area contributed by atoms with Gasteiger partial charge in [-0.2, -0.15) is 0 Å². The summed E-state index contributed by atoms with van der Waals surface area (Å²) in [5, 5.41) is 2.96. The summed E-state index contributed by atoms with van der Waals surface area (Å²) in [6, 6.07) is 25.5. The van der Waals surface area contributed by atoms with Crippen LogP contribution in [-0.2, 0) is 29.0 Å². The van der Waals surface area contributed by atoms with Crippen molar-refractivity contribution in [3.8, 4) is 5.75 Å². The zero-order valence-electron chi connectivity index (χ0n) is 24.1. The Kier molecular flexibility index (Phi) is 9.35. The number of amides is 2. The molecule has 2 atom stereocenters. The Morgan fingerprint density at radius 2 is 1.68 bits per heavy atom. The van der Waals surface area contributed by atoms with Gasteiger partial charge in [-0.05, 0) is 67.5 Å². The van der Waals surface area contributed by atoms with Crippen LogP contribution in [-0.4, -0.2) is 41.4 Å². The van der Waals surface area contributed by atoms with Crippen LogP contribution in [0.5, 0.6) is 5.75 Å². The minimum Gasteiger partial charge on any atom is -0.489 e. The lowest BCUT2D eigenvalue weighted by Gasteiger charge is -2.26. The van der Waals surface area contributed by atoms with Gasteiger partial charge in [0.25, 0.3) is 0 Å². The minimum absolute atomic E-state index is 0.357. The number of carbonyl (C=O) groups excluding carboxylic acids is 2. The summed E-state index contributed by atoms with van der Waals surface area (Å²) < 4.78 is 17.4. The molecule has 4 rings (SSSR count).